The fourth-order valence-corrected chi connectivity index (χ4v) is 4.40. The zero-order valence-corrected chi connectivity index (χ0v) is 14.3. The molecular formula is C16H18Cl2N2S. The summed E-state index contributed by atoms with van der Waals surface area (Å²) >= 11 is 14.2. The van der Waals surface area contributed by atoms with Gasteiger partial charge in [0.15, 0.2) is 0 Å². The molecule has 1 unspecified atom stereocenters. The van der Waals surface area contributed by atoms with Gasteiger partial charge in [0.2, 0.25) is 0 Å². The fourth-order valence-electron chi connectivity index (χ4n) is 2.71. The molecule has 0 saturated heterocycles. The quantitative estimate of drug-likeness (QED) is 0.795. The molecule has 21 heavy (non-hydrogen) atoms. The molecule has 0 bridgehead atoms. The number of thiazole rings is 1. The summed E-state index contributed by atoms with van der Waals surface area (Å²) in [6, 6.07) is 6.00. The standard InChI is InChI=1S/C16H18Cl2N2S/c1-2-8-19-13-4-3-5-14-15(13)21-16(20-14)11-9-10(17)6-7-12(11)18/h6-7,9,13,19H,2-5,8H2,1H3. The Labute approximate surface area is 139 Å². The molecule has 112 valence electrons. The van der Waals surface area contributed by atoms with Crippen LogP contribution in [0.4, 0.5) is 0 Å². The van der Waals surface area contributed by atoms with Crippen molar-refractivity contribution in [3.8, 4) is 10.6 Å². The average Bonchev–Trinajstić information content (AvgIpc) is 2.92. The van der Waals surface area contributed by atoms with E-state index in [4.69, 9.17) is 28.2 Å². The molecule has 1 aliphatic carbocycles. The van der Waals surface area contributed by atoms with Crippen molar-refractivity contribution >= 4 is 34.5 Å². The van der Waals surface area contributed by atoms with Gasteiger partial charge in [0.1, 0.15) is 5.01 Å². The largest absolute Gasteiger partial charge is 0.309 e. The van der Waals surface area contributed by atoms with Gasteiger partial charge in [-0.1, -0.05) is 30.1 Å². The number of hydrogen-bond acceptors (Lipinski definition) is 3. The number of aryl methyl sites for hydroxylation is 1. The second-order valence-corrected chi connectivity index (χ2v) is 7.23. The highest BCUT2D eigenvalue weighted by Crippen LogP contribution is 2.40. The van der Waals surface area contributed by atoms with E-state index >= 15 is 0 Å². The van der Waals surface area contributed by atoms with Crippen LogP contribution in [0.25, 0.3) is 10.6 Å². The molecule has 0 radical (unpaired) electrons. The molecule has 0 aliphatic heterocycles. The number of benzene rings is 1. The number of nitrogens with zero attached hydrogens (tertiary/aromatic N) is 1. The number of rotatable bonds is 4. The zero-order chi connectivity index (χ0) is 14.8. The van der Waals surface area contributed by atoms with Crippen molar-refractivity contribution in [1.82, 2.24) is 10.3 Å². The van der Waals surface area contributed by atoms with Gasteiger partial charge in [-0.2, -0.15) is 0 Å². The van der Waals surface area contributed by atoms with Gasteiger partial charge in [-0.25, -0.2) is 4.98 Å². The highest BCUT2D eigenvalue weighted by atomic mass is 35.5. The van der Waals surface area contributed by atoms with Crippen LogP contribution in [0.15, 0.2) is 18.2 Å². The van der Waals surface area contributed by atoms with E-state index in [0.717, 1.165) is 30.0 Å². The summed E-state index contributed by atoms with van der Waals surface area (Å²) in [7, 11) is 0. The van der Waals surface area contributed by atoms with Gasteiger partial charge in [-0.3, -0.25) is 0 Å². The van der Waals surface area contributed by atoms with Crippen LogP contribution in [0.2, 0.25) is 10.0 Å². The van der Waals surface area contributed by atoms with Crippen LogP contribution in [0.1, 0.15) is 42.8 Å². The van der Waals surface area contributed by atoms with Gasteiger partial charge in [0.25, 0.3) is 0 Å². The first-order valence-electron chi connectivity index (χ1n) is 7.37. The molecular weight excluding hydrogens is 323 g/mol. The van der Waals surface area contributed by atoms with Crippen LogP contribution in [-0.4, -0.2) is 11.5 Å². The van der Waals surface area contributed by atoms with Gasteiger partial charge in [-0.15, -0.1) is 11.3 Å². The van der Waals surface area contributed by atoms with Crippen LogP contribution < -0.4 is 5.32 Å². The molecule has 1 N–H and O–H groups in total. The van der Waals surface area contributed by atoms with Gasteiger partial charge in [0.05, 0.1) is 10.7 Å². The topological polar surface area (TPSA) is 24.9 Å². The normalized spacial score (nSPS) is 17.8. The third kappa shape index (κ3) is 3.26. The molecule has 0 saturated carbocycles. The minimum Gasteiger partial charge on any atom is -0.309 e. The minimum atomic E-state index is 0.443. The summed E-state index contributed by atoms with van der Waals surface area (Å²) in [6.45, 7) is 3.25. The Morgan fingerprint density at radius 3 is 3.05 bits per heavy atom. The lowest BCUT2D eigenvalue weighted by atomic mass is 9.98. The third-order valence-corrected chi connectivity index (χ3v) is 5.56. The molecule has 2 aromatic rings. The summed E-state index contributed by atoms with van der Waals surface area (Å²) in [5, 5.41) is 6.02. The molecule has 1 aromatic heterocycles. The van der Waals surface area contributed by atoms with E-state index in [0.29, 0.717) is 16.1 Å². The number of aromatic nitrogens is 1. The summed E-state index contributed by atoms with van der Waals surface area (Å²) in [5.74, 6) is 0. The van der Waals surface area contributed by atoms with Crippen LogP contribution in [0.5, 0.6) is 0 Å². The minimum absolute atomic E-state index is 0.443. The highest BCUT2D eigenvalue weighted by molar-refractivity contribution is 7.15. The molecule has 0 amide bonds. The number of hydrogen-bond donors (Lipinski definition) is 1. The first-order valence-corrected chi connectivity index (χ1v) is 8.94. The Morgan fingerprint density at radius 2 is 2.24 bits per heavy atom. The smallest absolute Gasteiger partial charge is 0.125 e. The second kappa shape index (κ2) is 6.66. The molecule has 1 atom stereocenters. The van der Waals surface area contributed by atoms with Gasteiger partial charge in [-0.05, 0) is 50.4 Å². The third-order valence-electron chi connectivity index (χ3n) is 3.75. The van der Waals surface area contributed by atoms with E-state index in [9.17, 15) is 0 Å². The van der Waals surface area contributed by atoms with Crippen LogP contribution >= 0.6 is 34.5 Å². The molecule has 1 aromatic carbocycles. The van der Waals surface area contributed by atoms with Gasteiger partial charge >= 0.3 is 0 Å². The first-order chi connectivity index (χ1) is 10.2. The molecule has 1 aliphatic rings. The Balaban J connectivity index is 1.96. The van der Waals surface area contributed by atoms with E-state index < -0.39 is 0 Å². The lowest BCUT2D eigenvalue weighted by Gasteiger charge is -2.22. The molecule has 5 heteroatoms. The monoisotopic (exact) mass is 340 g/mol. The highest BCUT2D eigenvalue weighted by Gasteiger charge is 2.25. The molecule has 3 rings (SSSR count). The maximum absolute atomic E-state index is 6.31. The number of nitrogens with one attached hydrogen (secondary N) is 1. The maximum atomic E-state index is 6.31. The van der Waals surface area contributed by atoms with Crippen molar-refractivity contribution < 1.29 is 0 Å². The zero-order valence-electron chi connectivity index (χ0n) is 12.0. The van der Waals surface area contributed by atoms with E-state index in [-0.39, 0.29) is 0 Å². The van der Waals surface area contributed by atoms with Gasteiger partial charge in [0, 0.05) is 21.5 Å². The Morgan fingerprint density at radius 1 is 1.38 bits per heavy atom. The molecule has 2 nitrogen and oxygen atoms in total. The Bertz CT molecular complexity index is 639. The van der Waals surface area contributed by atoms with Crippen molar-refractivity contribution in [2.24, 2.45) is 0 Å². The van der Waals surface area contributed by atoms with Crippen LogP contribution in [0, 0.1) is 0 Å². The van der Waals surface area contributed by atoms with Crippen LogP contribution in [-0.2, 0) is 6.42 Å². The number of halogens is 2. The molecule has 0 spiro atoms. The maximum Gasteiger partial charge on any atom is 0.125 e. The SMILES string of the molecule is CCCNC1CCCc2nc(-c3cc(Cl)ccc3Cl)sc21. The van der Waals surface area contributed by atoms with E-state index in [2.05, 4.69) is 12.2 Å². The summed E-state index contributed by atoms with van der Waals surface area (Å²) in [6.07, 6.45) is 4.60. The lowest BCUT2D eigenvalue weighted by Crippen LogP contribution is -2.24. The van der Waals surface area contributed by atoms with E-state index in [1.54, 1.807) is 11.3 Å². The predicted octanol–water partition coefficient (Wildman–Crippen LogP) is 5.49. The molecule has 0 fully saturated rings. The summed E-state index contributed by atoms with van der Waals surface area (Å²) in [4.78, 5) is 6.19. The summed E-state index contributed by atoms with van der Waals surface area (Å²) in [5.41, 5.74) is 2.17. The Kier molecular flexibility index (Phi) is 4.85. The average molecular weight is 341 g/mol. The lowest BCUT2D eigenvalue weighted by molar-refractivity contribution is 0.465. The number of fused-ring (bicyclic) bond motifs is 1. The van der Waals surface area contributed by atoms with Gasteiger partial charge < -0.3 is 5.32 Å². The van der Waals surface area contributed by atoms with Crippen molar-refractivity contribution in [1.29, 1.82) is 0 Å². The van der Waals surface area contributed by atoms with Crippen molar-refractivity contribution in [3.63, 3.8) is 0 Å². The van der Waals surface area contributed by atoms with Crippen LogP contribution in [0.3, 0.4) is 0 Å². The van der Waals surface area contributed by atoms with Crippen molar-refractivity contribution in [2.75, 3.05) is 6.54 Å². The fraction of sp³-hybridized carbons (Fsp3) is 0.438. The van der Waals surface area contributed by atoms with E-state index in [1.165, 1.54) is 23.4 Å². The predicted molar refractivity (Wildman–Crippen MR) is 91.5 cm³/mol. The second-order valence-electron chi connectivity index (χ2n) is 5.35. The molecule has 1 heterocycles. The van der Waals surface area contributed by atoms with Crippen molar-refractivity contribution in [2.45, 2.75) is 38.6 Å². The van der Waals surface area contributed by atoms with E-state index in [1.807, 2.05) is 18.2 Å². The Hall–Kier alpha value is -0.610. The first kappa shape index (κ1) is 15.3. The summed E-state index contributed by atoms with van der Waals surface area (Å²) < 4.78 is 0. The van der Waals surface area contributed by atoms with Crippen molar-refractivity contribution in [3.05, 3.63) is 38.8 Å².